The molecule has 0 aromatic heterocycles. The van der Waals surface area contributed by atoms with Crippen molar-refractivity contribution >= 4 is 48.4 Å². The highest BCUT2D eigenvalue weighted by Crippen LogP contribution is 2.72. The van der Waals surface area contributed by atoms with Gasteiger partial charge in [0.1, 0.15) is 11.6 Å². The van der Waals surface area contributed by atoms with Gasteiger partial charge in [0.05, 0.1) is 37.6 Å². The molecule has 3 unspecified atom stereocenters. The number of hydrogen-bond donors (Lipinski definition) is 0. The van der Waals surface area contributed by atoms with E-state index in [-0.39, 0.29) is 6.10 Å². The van der Waals surface area contributed by atoms with Gasteiger partial charge in [0.15, 0.2) is 0 Å². The number of anilines is 4. The van der Waals surface area contributed by atoms with Gasteiger partial charge in [-0.3, -0.25) is 18.9 Å². The fourth-order valence-electron chi connectivity index (χ4n) is 11.0. The van der Waals surface area contributed by atoms with Crippen molar-refractivity contribution in [1.82, 2.24) is 9.80 Å². The Bertz CT molecular complexity index is 2890. The molecule has 0 amide bonds. The van der Waals surface area contributed by atoms with E-state index >= 15 is 9.13 Å². The molecule has 13 heteroatoms. The van der Waals surface area contributed by atoms with E-state index in [4.69, 9.17) is 9.47 Å². The first-order chi connectivity index (χ1) is 33.5. The summed E-state index contributed by atoms with van der Waals surface area (Å²) < 4.78 is 55.1. The summed E-state index contributed by atoms with van der Waals surface area (Å²) >= 11 is 0. The molecule has 0 saturated carbocycles. The van der Waals surface area contributed by atoms with Crippen LogP contribution < -0.4 is 18.7 Å². The van der Waals surface area contributed by atoms with E-state index < -0.39 is 26.5 Å². The van der Waals surface area contributed by atoms with Crippen molar-refractivity contribution in [2.24, 2.45) is 0 Å². The van der Waals surface area contributed by atoms with Gasteiger partial charge in [0.25, 0.3) is 14.9 Å². The topological polar surface area (TPSA) is 95.8 Å². The van der Waals surface area contributed by atoms with Crippen molar-refractivity contribution in [3.63, 3.8) is 0 Å². The Morgan fingerprint density at radius 1 is 0.471 bits per heavy atom. The van der Waals surface area contributed by atoms with Crippen LogP contribution in [0.2, 0.25) is 0 Å². The van der Waals surface area contributed by atoms with Crippen molar-refractivity contribution in [2.45, 2.75) is 17.7 Å². The molecule has 7 aromatic rings. The highest BCUT2D eigenvalue weighted by molar-refractivity contribution is 7.68. The average molecular weight is 940 g/mol. The molecule has 4 aliphatic rings. The van der Waals surface area contributed by atoms with Gasteiger partial charge in [-0.2, -0.15) is 5.26 Å². The SMILES string of the molecule is N#Cc1ccc(C(N2CCOC(c3cccc4c(C(N5CCOCC5)P5(=O)N(c6ccccc6)CCN5c5ccccc5)cccc34)C2)P2(=O)N(c3ccccc3)CCN2c2ccccc2)cc1. The van der Waals surface area contributed by atoms with Crippen LogP contribution in [-0.2, 0) is 18.6 Å². The number of morpholine rings is 2. The molecule has 0 aliphatic carbocycles. The van der Waals surface area contributed by atoms with Gasteiger partial charge in [0, 0.05) is 75.1 Å². The first-order valence-corrected chi connectivity index (χ1v) is 27.0. The first-order valence-electron chi connectivity index (χ1n) is 23.7. The Labute approximate surface area is 399 Å². The zero-order valence-corrected chi connectivity index (χ0v) is 39.8. The Hall–Kier alpha value is -6.21. The maximum Gasteiger partial charge on any atom is 0.284 e. The van der Waals surface area contributed by atoms with Gasteiger partial charge in [-0.15, -0.1) is 0 Å². The summed E-state index contributed by atoms with van der Waals surface area (Å²) in [4.78, 5) is 4.75. The van der Waals surface area contributed by atoms with E-state index in [0.29, 0.717) is 77.7 Å². The van der Waals surface area contributed by atoms with Crippen LogP contribution in [-0.4, -0.2) is 82.0 Å². The molecule has 3 atom stereocenters. The highest BCUT2D eigenvalue weighted by atomic mass is 31.2. The summed E-state index contributed by atoms with van der Waals surface area (Å²) in [6.07, 6.45) is -0.376. The van der Waals surface area contributed by atoms with Gasteiger partial charge in [-0.25, -0.2) is 0 Å². The lowest BCUT2D eigenvalue weighted by Crippen LogP contribution is -2.43. The second-order valence-electron chi connectivity index (χ2n) is 17.8. The minimum atomic E-state index is -3.55. The zero-order chi connectivity index (χ0) is 46.1. The molecule has 11 rings (SSSR count). The van der Waals surface area contributed by atoms with Crippen molar-refractivity contribution in [3.8, 4) is 6.07 Å². The molecule has 0 spiro atoms. The average Bonchev–Trinajstić information content (AvgIpc) is 3.94. The number of fused-ring (bicyclic) bond motifs is 1. The van der Waals surface area contributed by atoms with E-state index in [9.17, 15) is 5.26 Å². The van der Waals surface area contributed by atoms with Crippen molar-refractivity contribution < 1.29 is 18.6 Å². The number of rotatable bonds is 11. The smallest absolute Gasteiger partial charge is 0.284 e. The normalized spacial score (nSPS) is 20.6. The molecule has 4 fully saturated rings. The number of hydrogen-bond acceptors (Lipinski definition) is 7. The molecule has 0 bridgehead atoms. The molecule has 11 nitrogen and oxygen atoms in total. The standard InChI is InChI=1S/C55H55N7O4P2/c56-41-43-27-29-44(30-28-43)54(67(63)59(45-15-5-1-6-16-45)31-32-60(67)46-17-7-2-8-18-46)58-37-40-66-53(42-58)51-25-13-24-50-49(51)23-14-26-52(50)55(57-35-38-65-39-36-57)68(64)61(47-19-9-3-10-20-47)33-34-62(68)48-21-11-4-12-22-48/h1-30,53-55H,31-40,42H2. The Morgan fingerprint density at radius 2 is 0.926 bits per heavy atom. The molecule has 4 heterocycles. The van der Waals surface area contributed by atoms with Crippen LogP contribution >= 0.6 is 14.9 Å². The summed E-state index contributed by atoms with van der Waals surface area (Å²) in [5.41, 5.74) is 7.18. The number of nitriles is 1. The van der Waals surface area contributed by atoms with Crippen LogP contribution in [0.4, 0.5) is 22.7 Å². The predicted octanol–water partition coefficient (Wildman–Crippen LogP) is 11.6. The summed E-state index contributed by atoms with van der Waals surface area (Å²) in [6.45, 7) is 6.26. The van der Waals surface area contributed by atoms with E-state index in [1.165, 1.54) is 0 Å². The maximum absolute atomic E-state index is 16.9. The van der Waals surface area contributed by atoms with Crippen LogP contribution in [0.15, 0.2) is 182 Å². The van der Waals surface area contributed by atoms with Crippen molar-refractivity contribution in [1.29, 1.82) is 5.26 Å². The number of para-hydroxylation sites is 4. The van der Waals surface area contributed by atoms with Crippen molar-refractivity contribution in [2.75, 3.05) is 90.9 Å². The molecular weight excluding hydrogens is 885 g/mol. The monoisotopic (exact) mass is 939 g/mol. The third kappa shape index (κ3) is 7.89. The van der Waals surface area contributed by atoms with Gasteiger partial charge < -0.3 is 28.2 Å². The number of benzene rings is 7. The van der Waals surface area contributed by atoms with E-state index in [2.05, 4.69) is 119 Å². The Morgan fingerprint density at radius 3 is 1.43 bits per heavy atom. The first kappa shape index (κ1) is 44.3. The molecule has 68 heavy (non-hydrogen) atoms. The minimum Gasteiger partial charge on any atom is -0.379 e. The lowest BCUT2D eigenvalue weighted by Gasteiger charge is -2.46. The molecule has 0 N–H and O–H groups in total. The number of ether oxygens (including phenoxy) is 2. The van der Waals surface area contributed by atoms with Crippen molar-refractivity contribution in [3.05, 3.63) is 204 Å². The molecule has 0 radical (unpaired) electrons. The fraction of sp³-hybridized carbons (Fsp3) is 0.255. The summed E-state index contributed by atoms with van der Waals surface area (Å²) in [6, 6.07) is 63.5. The van der Waals surface area contributed by atoms with E-state index in [1.54, 1.807) is 0 Å². The van der Waals surface area contributed by atoms with Gasteiger partial charge in [0.2, 0.25) is 0 Å². The quantitative estimate of drug-likeness (QED) is 0.116. The largest absolute Gasteiger partial charge is 0.379 e. The predicted molar refractivity (Wildman–Crippen MR) is 274 cm³/mol. The molecule has 7 aromatic carbocycles. The van der Waals surface area contributed by atoms with Crippen LogP contribution in [0.5, 0.6) is 0 Å². The lowest BCUT2D eigenvalue weighted by molar-refractivity contribution is -0.0349. The number of nitrogens with zero attached hydrogens (tertiary/aromatic N) is 7. The molecule has 4 saturated heterocycles. The third-order valence-electron chi connectivity index (χ3n) is 14.1. The highest BCUT2D eigenvalue weighted by Gasteiger charge is 2.54. The zero-order valence-electron chi connectivity index (χ0n) is 38.0. The van der Waals surface area contributed by atoms with E-state index in [1.807, 2.05) is 97.1 Å². The molecule has 344 valence electrons. The summed E-state index contributed by atoms with van der Waals surface area (Å²) in [5.74, 6) is -1.06. The minimum absolute atomic E-state index is 0.376. The third-order valence-corrected chi connectivity index (χ3v) is 21.1. The fourth-order valence-corrected chi connectivity index (χ4v) is 18.4. The van der Waals surface area contributed by atoms with Gasteiger partial charge in [-0.05, 0) is 88.1 Å². The van der Waals surface area contributed by atoms with Gasteiger partial charge >= 0.3 is 0 Å². The second-order valence-corrected chi connectivity index (χ2v) is 23.1. The summed E-state index contributed by atoms with van der Waals surface area (Å²) in [5, 5.41) is 11.9. The van der Waals surface area contributed by atoms with Gasteiger partial charge in [-0.1, -0.05) is 121 Å². The Balaban J connectivity index is 1.03. The van der Waals surface area contributed by atoms with Crippen LogP contribution in [0.3, 0.4) is 0 Å². The van der Waals surface area contributed by atoms with E-state index in [0.717, 1.165) is 50.2 Å². The molecular formula is C55H55N7O4P2. The van der Waals surface area contributed by atoms with Crippen LogP contribution in [0, 0.1) is 11.3 Å². The van der Waals surface area contributed by atoms with Crippen LogP contribution in [0.25, 0.3) is 10.8 Å². The lowest BCUT2D eigenvalue weighted by atomic mass is 9.95. The Kier molecular flexibility index (Phi) is 12.4. The summed E-state index contributed by atoms with van der Waals surface area (Å²) in [7, 11) is -7.04. The molecule has 4 aliphatic heterocycles. The van der Waals surface area contributed by atoms with Crippen LogP contribution in [0.1, 0.15) is 39.9 Å². The maximum atomic E-state index is 16.9. The second kappa shape index (κ2) is 19.1.